The normalized spacial score (nSPS) is 26.6. The number of fused-ring (bicyclic) bond motifs is 3. The molecule has 3 aliphatic rings. The van der Waals surface area contributed by atoms with Crippen molar-refractivity contribution in [1.82, 2.24) is 15.5 Å². The third kappa shape index (κ3) is 6.99. The molecule has 0 radical (unpaired) electrons. The van der Waals surface area contributed by atoms with Gasteiger partial charge in [-0.15, -0.1) is 0 Å². The zero-order valence-electron chi connectivity index (χ0n) is 26.8. The van der Waals surface area contributed by atoms with Crippen molar-refractivity contribution in [3.8, 4) is 5.75 Å². The van der Waals surface area contributed by atoms with Gasteiger partial charge in [0.1, 0.15) is 28.9 Å². The van der Waals surface area contributed by atoms with E-state index in [2.05, 4.69) is 10.6 Å². The van der Waals surface area contributed by atoms with E-state index in [4.69, 9.17) is 25.5 Å². The number of hydrogen-bond acceptors (Lipinski definition) is 14. The molecule has 0 heterocycles. The molecule has 0 saturated heterocycles. The Labute approximate surface area is 279 Å². The second-order valence-corrected chi connectivity index (χ2v) is 12.3. The Morgan fingerprint density at radius 3 is 2.16 bits per heavy atom. The van der Waals surface area contributed by atoms with Gasteiger partial charge in [0.15, 0.2) is 11.4 Å². The van der Waals surface area contributed by atoms with Crippen LogP contribution in [0.25, 0.3) is 0 Å². The molecule has 0 aliphatic heterocycles. The smallest absolute Gasteiger partial charge is 0.414 e. The number of carbonyl (C=O) groups excluding carboxylic acids is 3. The first-order valence-electron chi connectivity index (χ1n) is 15.1. The summed E-state index contributed by atoms with van der Waals surface area (Å²) in [5, 5.41) is 85.9. The van der Waals surface area contributed by atoms with Crippen LogP contribution in [0.2, 0.25) is 0 Å². The van der Waals surface area contributed by atoms with Gasteiger partial charge in [-0.1, -0.05) is 18.6 Å². The first kappa shape index (κ1) is 38.6. The van der Waals surface area contributed by atoms with E-state index >= 15 is 0 Å². The molecule has 4 rings (SSSR count). The van der Waals surface area contributed by atoms with Crippen LogP contribution in [0.3, 0.4) is 0 Å². The summed E-state index contributed by atoms with van der Waals surface area (Å²) in [7, 11) is 3.03. The second-order valence-electron chi connectivity index (χ2n) is 12.3. The lowest BCUT2D eigenvalue weighted by Crippen LogP contribution is -2.65. The number of likely N-dealkylation sites (N-methyl/N-ethyl adjacent to an activating group) is 1. The molecule has 1 aromatic rings. The number of ketones is 2. The summed E-state index contributed by atoms with van der Waals surface area (Å²) >= 11 is 0. The average molecular weight is 693 g/mol. The lowest BCUT2D eigenvalue weighted by atomic mass is 9.55. The minimum absolute atomic E-state index is 0.100. The van der Waals surface area contributed by atoms with Crippen molar-refractivity contribution in [1.29, 1.82) is 0 Å². The van der Waals surface area contributed by atoms with Crippen molar-refractivity contribution in [2.24, 2.45) is 17.6 Å². The minimum atomic E-state index is -2.85. The van der Waals surface area contributed by atoms with Crippen molar-refractivity contribution in [3.05, 3.63) is 52.0 Å². The average Bonchev–Trinajstić information content (AvgIpc) is 3.00. The number of hydrogen-bond donors (Lipinski definition) is 11. The molecule has 0 bridgehead atoms. The summed E-state index contributed by atoms with van der Waals surface area (Å²) in [6.45, 7) is 1.36. The Morgan fingerprint density at radius 2 is 1.63 bits per heavy atom. The summed E-state index contributed by atoms with van der Waals surface area (Å²) < 4.78 is 0. The Balaban J connectivity index is 0.000000992. The summed E-state index contributed by atoms with van der Waals surface area (Å²) in [4.78, 5) is 71.9. The Morgan fingerprint density at radius 1 is 1.02 bits per heavy atom. The fourth-order valence-corrected chi connectivity index (χ4v) is 6.64. The predicted octanol–water partition coefficient (Wildman–Crippen LogP) is -1.30. The molecule has 268 valence electrons. The van der Waals surface area contributed by atoms with Crippen molar-refractivity contribution in [3.63, 3.8) is 0 Å². The highest BCUT2D eigenvalue weighted by molar-refractivity contribution is 6.27. The molecule has 0 aromatic heterocycles. The zero-order chi connectivity index (χ0) is 37.2. The lowest BCUT2D eigenvalue weighted by Gasteiger charge is -2.52. The van der Waals surface area contributed by atoms with Gasteiger partial charge in [0.25, 0.3) is 5.91 Å². The quantitative estimate of drug-likeness (QED) is 0.0587. The second kappa shape index (κ2) is 14.7. The van der Waals surface area contributed by atoms with Crippen molar-refractivity contribution < 1.29 is 69.6 Å². The van der Waals surface area contributed by atoms with Crippen molar-refractivity contribution in [2.75, 3.05) is 27.3 Å². The molecule has 18 nitrogen and oxygen atoms in total. The fraction of sp³-hybridized carbons (Fsp3) is 0.484. The molecule has 0 saturated carbocycles. The Bertz CT molecular complexity index is 1600. The van der Waals surface area contributed by atoms with Crippen LogP contribution in [-0.4, -0.2) is 126 Å². The number of Topliss-reactive ketones (excluding diaryl/α,β-unsaturated/α-hetero) is 2. The van der Waals surface area contributed by atoms with E-state index in [-0.39, 0.29) is 24.0 Å². The molecular weight excluding hydrogens is 652 g/mol. The number of carboxylic acids is 3. The SMILES string of the molecule is CN(C)[C@@H]1C(O)=C(C(=O)NCN[C@@H](CCCCN)C(=O)O)C(=O)[C@@]2(O)C(O)=C3C(=O)c4c(O)cccc4[C@@](C)(O)[C@H]3C[C@H]12.O=C(O)C(=O)O. The van der Waals surface area contributed by atoms with Gasteiger partial charge in [0.05, 0.1) is 23.9 Å². The van der Waals surface area contributed by atoms with E-state index in [1.54, 1.807) is 0 Å². The maximum atomic E-state index is 13.9. The minimum Gasteiger partial charge on any atom is -0.510 e. The fourth-order valence-electron chi connectivity index (χ4n) is 6.64. The van der Waals surface area contributed by atoms with E-state index in [0.29, 0.717) is 19.4 Å². The molecule has 6 atom stereocenters. The number of phenols is 1. The Kier molecular flexibility index (Phi) is 11.6. The number of benzene rings is 1. The number of nitrogens with one attached hydrogen (secondary N) is 2. The number of rotatable bonds is 10. The van der Waals surface area contributed by atoms with Gasteiger partial charge in [0, 0.05) is 17.4 Å². The van der Waals surface area contributed by atoms with Gasteiger partial charge in [-0.25, -0.2) is 9.59 Å². The van der Waals surface area contributed by atoms with Gasteiger partial charge in [-0.05, 0) is 58.5 Å². The van der Waals surface area contributed by atoms with E-state index in [0.717, 1.165) is 0 Å². The maximum Gasteiger partial charge on any atom is 0.414 e. The highest BCUT2D eigenvalue weighted by Crippen LogP contribution is 2.56. The van der Waals surface area contributed by atoms with Gasteiger partial charge in [-0.2, -0.15) is 0 Å². The van der Waals surface area contributed by atoms with Crippen LogP contribution in [0.15, 0.2) is 40.9 Å². The van der Waals surface area contributed by atoms with Crippen LogP contribution in [0.1, 0.15) is 48.5 Å². The third-order valence-corrected chi connectivity index (χ3v) is 9.03. The number of unbranched alkanes of at least 4 members (excludes halogenated alkanes) is 1. The van der Waals surface area contributed by atoms with Crippen LogP contribution in [0, 0.1) is 11.8 Å². The molecule has 0 spiro atoms. The molecule has 3 aliphatic carbocycles. The van der Waals surface area contributed by atoms with Crippen LogP contribution in [-0.2, 0) is 29.6 Å². The van der Waals surface area contributed by atoms with Crippen molar-refractivity contribution >= 4 is 35.4 Å². The number of carboxylic acid groups (broad SMARTS) is 3. The monoisotopic (exact) mass is 692 g/mol. The van der Waals surface area contributed by atoms with Gasteiger partial charge in [0.2, 0.25) is 5.78 Å². The number of aliphatic hydroxyl groups is 4. The number of nitrogens with zero attached hydrogens (tertiary/aromatic N) is 1. The number of carbonyl (C=O) groups is 6. The van der Waals surface area contributed by atoms with Crippen molar-refractivity contribution in [2.45, 2.75) is 55.9 Å². The van der Waals surface area contributed by atoms with Crippen LogP contribution >= 0.6 is 0 Å². The summed E-state index contributed by atoms with van der Waals surface area (Å²) in [6, 6.07) is 1.87. The maximum absolute atomic E-state index is 13.9. The van der Waals surface area contributed by atoms with E-state index in [1.165, 1.54) is 44.1 Å². The van der Waals surface area contributed by atoms with E-state index in [9.17, 15) is 49.8 Å². The highest BCUT2D eigenvalue weighted by atomic mass is 16.4. The molecule has 1 amide bonds. The molecule has 12 N–H and O–H groups in total. The summed E-state index contributed by atoms with van der Waals surface area (Å²) in [5.74, 6) is -12.9. The number of amides is 1. The molecule has 1 aromatic carbocycles. The van der Waals surface area contributed by atoms with E-state index < -0.39 is 106 Å². The number of phenolic OH excluding ortho intramolecular Hbond substituents is 1. The Hall–Kier alpha value is -4.88. The molecular formula is C31H40N4O14. The summed E-state index contributed by atoms with van der Waals surface area (Å²) in [6.07, 6.45) is 1.07. The molecule has 0 unspecified atom stereocenters. The largest absolute Gasteiger partial charge is 0.510 e. The number of aliphatic hydroxyl groups excluding tert-OH is 2. The first-order valence-corrected chi connectivity index (χ1v) is 15.1. The standard InChI is InChI=1S/C29H38N4O10.C2H2O4/c1-28(42)13-7-6-9-17(34)18(13)22(35)19-14(28)11-15-21(33(2)3)23(36)20(25(38)29(15,43)24(19)37)26(39)32-12-31-16(27(40)41)8-4-5-10-30;3-1(4)2(5)6/h6-7,9,14-16,21,31,34,36-37,42-43H,4-5,8,10-12,30H2,1-3H3,(H,32,39)(H,40,41);(H,3,4)(H,5,6)/t14-,15+,16-,21-,28+,29-;/m0./s1. The predicted molar refractivity (Wildman–Crippen MR) is 166 cm³/mol. The number of aliphatic carboxylic acids is 3. The number of aromatic hydroxyl groups is 1. The first-order chi connectivity index (χ1) is 22.8. The summed E-state index contributed by atoms with van der Waals surface area (Å²) in [5.41, 5.74) is -0.782. The molecule has 18 heteroatoms. The molecule has 49 heavy (non-hydrogen) atoms. The topological polar surface area (TPSA) is 318 Å². The lowest BCUT2D eigenvalue weighted by molar-refractivity contribution is -0.159. The van der Waals surface area contributed by atoms with Gasteiger partial charge >= 0.3 is 17.9 Å². The van der Waals surface area contributed by atoms with Crippen LogP contribution in [0.5, 0.6) is 5.75 Å². The van der Waals surface area contributed by atoms with Gasteiger partial charge < -0.3 is 51.9 Å². The zero-order valence-corrected chi connectivity index (χ0v) is 26.8. The highest BCUT2D eigenvalue weighted by Gasteiger charge is 2.65. The van der Waals surface area contributed by atoms with Gasteiger partial charge in [-0.3, -0.25) is 29.4 Å². The third-order valence-electron chi connectivity index (χ3n) is 9.03. The van der Waals surface area contributed by atoms with Crippen LogP contribution in [0.4, 0.5) is 0 Å². The van der Waals surface area contributed by atoms with E-state index in [1.807, 2.05) is 0 Å². The number of nitrogens with two attached hydrogens (primary N) is 1. The molecule has 0 fully saturated rings. The van der Waals surface area contributed by atoms with Crippen LogP contribution < -0.4 is 16.4 Å².